The number of H-pyrrole nitrogens is 1. The highest BCUT2D eigenvalue weighted by Crippen LogP contribution is 2.41. The van der Waals surface area contributed by atoms with E-state index in [1.54, 1.807) is 24.3 Å². The molecule has 144 valence electrons. The van der Waals surface area contributed by atoms with Crippen molar-refractivity contribution in [2.45, 2.75) is 12.2 Å². The topological polar surface area (TPSA) is 68.1 Å². The van der Waals surface area contributed by atoms with Crippen LogP contribution < -0.4 is 16.0 Å². The van der Waals surface area contributed by atoms with Gasteiger partial charge >= 0.3 is 6.18 Å². The van der Waals surface area contributed by atoms with Crippen LogP contribution in [0.1, 0.15) is 11.6 Å². The lowest BCUT2D eigenvalue weighted by Gasteiger charge is -2.17. The van der Waals surface area contributed by atoms with Gasteiger partial charge in [-0.3, -0.25) is 4.79 Å². The SMILES string of the molecule is COc1ccc2[nH]c(=O)c3sccc3c2c1-c1ccc(C(N)C(F)(F)F)cc1. The molecule has 2 aromatic carbocycles. The summed E-state index contributed by atoms with van der Waals surface area (Å²) >= 11 is 1.33. The van der Waals surface area contributed by atoms with Crippen LogP contribution in [-0.4, -0.2) is 18.3 Å². The maximum atomic E-state index is 12.9. The van der Waals surface area contributed by atoms with E-state index < -0.39 is 12.2 Å². The minimum atomic E-state index is -4.51. The average Bonchev–Trinajstić information content (AvgIpc) is 3.17. The molecule has 0 spiro atoms. The highest BCUT2D eigenvalue weighted by atomic mass is 32.1. The van der Waals surface area contributed by atoms with Crippen LogP contribution in [0.25, 0.3) is 32.1 Å². The van der Waals surface area contributed by atoms with Gasteiger partial charge in [0, 0.05) is 21.9 Å². The number of benzene rings is 2. The van der Waals surface area contributed by atoms with Gasteiger partial charge in [-0.1, -0.05) is 24.3 Å². The predicted molar refractivity (Wildman–Crippen MR) is 105 cm³/mol. The lowest BCUT2D eigenvalue weighted by Crippen LogP contribution is -2.28. The van der Waals surface area contributed by atoms with E-state index in [-0.39, 0.29) is 11.1 Å². The van der Waals surface area contributed by atoms with Crippen LogP contribution in [0.2, 0.25) is 0 Å². The Morgan fingerprint density at radius 1 is 1.11 bits per heavy atom. The number of methoxy groups -OCH3 is 1. The summed E-state index contributed by atoms with van der Waals surface area (Å²) in [5.74, 6) is 0.555. The van der Waals surface area contributed by atoms with Gasteiger partial charge in [0.1, 0.15) is 16.5 Å². The quantitative estimate of drug-likeness (QED) is 0.506. The lowest BCUT2D eigenvalue weighted by molar-refractivity contribution is -0.149. The summed E-state index contributed by atoms with van der Waals surface area (Å²) < 4.78 is 44.7. The molecule has 0 bridgehead atoms. The Labute approximate surface area is 161 Å². The van der Waals surface area contributed by atoms with Crippen molar-refractivity contribution in [1.29, 1.82) is 0 Å². The summed E-state index contributed by atoms with van der Waals surface area (Å²) in [5, 5.41) is 3.38. The Hall–Kier alpha value is -2.84. The number of rotatable bonds is 3. The molecule has 0 fully saturated rings. The standard InChI is InChI=1S/C20H15F3N2O2S/c1-27-14-7-6-13-16(12-8-9-28-17(12)19(26)25-13)15(14)10-2-4-11(5-3-10)18(24)20(21,22)23/h2-9,18H,24H2,1H3,(H,25,26). The monoisotopic (exact) mass is 404 g/mol. The van der Waals surface area contributed by atoms with Crippen molar-refractivity contribution in [3.8, 4) is 16.9 Å². The zero-order valence-corrected chi connectivity index (χ0v) is 15.4. The molecule has 0 radical (unpaired) electrons. The fraction of sp³-hybridized carbons (Fsp3) is 0.150. The number of aromatic amines is 1. The molecular formula is C20H15F3N2O2S. The molecule has 0 saturated heterocycles. The Kier molecular flexibility index (Phi) is 4.40. The minimum Gasteiger partial charge on any atom is -0.496 e. The fourth-order valence-corrected chi connectivity index (χ4v) is 4.13. The van der Waals surface area contributed by atoms with Crippen molar-refractivity contribution >= 4 is 32.3 Å². The largest absolute Gasteiger partial charge is 0.496 e. The molecule has 4 rings (SSSR count). The van der Waals surface area contributed by atoms with Crippen molar-refractivity contribution in [2.24, 2.45) is 5.73 Å². The van der Waals surface area contributed by atoms with Gasteiger partial charge in [-0.2, -0.15) is 13.2 Å². The van der Waals surface area contributed by atoms with Crippen LogP contribution >= 0.6 is 11.3 Å². The van der Waals surface area contributed by atoms with E-state index in [1.165, 1.54) is 30.6 Å². The van der Waals surface area contributed by atoms with E-state index in [9.17, 15) is 18.0 Å². The summed E-state index contributed by atoms with van der Waals surface area (Å²) in [6, 6.07) is 9.18. The van der Waals surface area contributed by atoms with Crippen LogP contribution in [0, 0.1) is 0 Å². The maximum absolute atomic E-state index is 12.9. The molecule has 0 amide bonds. The van der Waals surface area contributed by atoms with E-state index in [1.807, 2.05) is 11.4 Å². The lowest BCUT2D eigenvalue weighted by atomic mass is 9.95. The molecule has 28 heavy (non-hydrogen) atoms. The van der Waals surface area contributed by atoms with Gasteiger partial charge in [-0.15, -0.1) is 11.3 Å². The Morgan fingerprint density at radius 3 is 2.46 bits per heavy atom. The van der Waals surface area contributed by atoms with Crippen LogP contribution in [-0.2, 0) is 0 Å². The number of alkyl halides is 3. The van der Waals surface area contributed by atoms with Gasteiger partial charge in [0.05, 0.1) is 7.11 Å². The number of pyridine rings is 1. The van der Waals surface area contributed by atoms with Crippen molar-refractivity contribution < 1.29 is 17.9 Å². The predicted octanol–water partition coefficient (Wildman–Crippen LogP) is 4.98. The van der Waals surface area contributed by atoms with Crippen molar-refractivity contribution in [1.82, 2.24) is 4.98 Å². The first-order valence-electron chi connectivity index (χ1n) is 8.34. The summed E-state index contributed by atoms with van der Waals surface area (Å²) in [5.41, 5.74) is 7.09. The summed E-state index contributed by atoms with van der Waals surface area (Å²) in [6.45, 7) is 0. The molecule has 0 aliphatic heterocycles. The molecule has 0 aliphatic rings. The summed E-state index contributed by atoms with van der Waals surface area (Å²) in [4.78, 5) is 15.1. The molecule has 8 heteroatoms. The highest BCUT2D eigenvalue weighted by Gasteiger charge is 2.37. The van der Waals surface area contributed by atoms with Gasteiger partial charge in [0.15, 0.2) is 0 Å². The van der Waals surface area contributed by atoms with Crippen LogP contribution in [0.5, 0.6) is 5.75 Å². The molecule has 3 N–H and O–H groups in total. The van der Waals surface area contributed by atoms with Gasteiger partial charge in [0.25, 0.3) is 5.56 Å². The second-order valence-electron chi connectivity index (χ2n) is 6.32. The van der Waals surface area contributed by atoms with Crippen molar-refractivity contribution in [2.75, 3.05) is 7.11 Å². The molecular weight excluding hydrogens is 389 g/mol. The Balaban J connectivity index is 1.98. The van der Waals surface area contributed by atoms with Crippen LogP contribution in [0.3, 0.4) is 0 Å². The van der Waals surface area contributed by atoms with Gasteiger partial charge < -0.3 is 15.5 Å². The second-order valence-corrected chi connectivity index (χ2v) is 7.24. The first-order chi connectivity index (χ1) is 13.3. The van der Waals surface area contributed by atoms with Crippen molar-refractivity contribution in [3.05, 3.63) is 63.8 Å². The minimum absolute atomic E-state index is 0.0236. The van der Waals surface area contributed by atoms with Crippen LogP contribution in [0.15, 0.2) is 52.6 Å². The van der Waals surface area contributed by atoms with Gasteiger partial charge in [-0.25, -0.2) is 0 Å². The van der Waals surface area contributed by atoms with Crippen LogP contribution in [0.4, 0.5) is 13.2 Å². The average molecular weight is 404 g/mol. The smallest absolute Gasteiger partial charge is 0.407 e. The molecule has 1 atom stereocenters. The molecule has 4 aromatic rings. The summed E-state index contributed by atoms with van der Waals surface area (Å²) in [7, 11) is 1.52. The third-order valence-corrected chi connectivity index (χ3v) is 5.60. The molecule has 1 unspecified atom stereocenters. The highest BCUT2D eigenvalue weighted by molar-refractivity contribution is 7.17. The number of ether oxygens (including phenoxy) is 1. The maximum Gasteiger partial charge on any atom is 0.407 e. The number of fused-ring (bicyclic) bond motifs is 3. The number of hydrogen-bond acceptors (Lipinski definition) is 4. The van der Waals surface area contributed by atoms with E-state index in [0.717, 1.165) is 10.8 Å². The molecule has 4 nitrogen and oxygen atoms in total. The number of hydrogen-bond donors (Lipinski definition) is 2. The van der Waals surface area contributed by atoms with Gasteiger partial charge in [0.2, 0.25) is 0 Å². The number of thiophene rings is 1. The van der Waals surface area contributed by atoms with Crippen molar-refractivity contribution in [3.63, 3.8) is 0 Å². The normalized spacial score (nSPS) is 13.2. The molecule has 2 aromatic heterocycles. The third-order valence-electron chi connectivity index (χ3n) is 4.69. The van der Waals surface area contributed by atoms with E-state index in [0.29, 0.717) is 27.1 Å². The van der Waals surface area contributed by atoms with E-state index >= 15 is 0 Å². The fourth-order valence-electron chi connectivity index (χ4n) is 3.33. The number of aromatic nitrogens is 1. The zero-order chi connectivity index (χ0) is 20.1. The second kappa shape index (κ2) is 6.65. The number of halogens is 3. The molecule has 2 heterocycles. The Bertz CT molecular complexity index is 1230. The number of nitrogens with two attached hydrogens (primary N) is 1. The molecule has 0 saturated carbocycles. The first kappa shape index (κ1) is 18.5. The third kappa shape index (κ3) is 2.94. The van der Waals surface area contributed by atoms with Gasteiger partial charge in [-0.05, 0) is 34.7 Å². The molecule has 0 aliphatic carbocycles. The zero-order valence-electron chi connectivity index (χ0n) is 14.6. The first-order valence-corrected chi connectivity index (χ1v) is 9.22. The Morgan fingerprint density at radius 2 is 1.82 bits per heavy atom. The van der Waals surface area contributed by atoms with E-state index in [4.69, 9.17) is 10.5 Å². The van der Waals surface area contributed by atoms with E-state index in [2.05, 4.69) is 4.98 Å². The number of nitrogens with one attached hydrogen (secondary N) is 1. The summed E-state index contributed by atoms with van der Waals surface area (Å²) in [6.07, 6.45) is -4.51.